The molecule has 14 heavy (non-hydrogen) atoms. The summed E-state index contributed by atoms with van der Waals surface area (Å²) in [5.41, 5.74) is -0.543. The molecule has 0 aliphatic carbocycles. The second-order valence-electron chi connectivity index (χ2n) is 3.81. The van der Waals surface area contributed by atoms with Crippen molar-refractivity contribution in [1.29, 1.82) is 0 Å². The van der Waals surface area contributed by atoms with Crippen LogP contribution in [-0.2, 0) is 6.54 Å². The fourth-order valence-corrected chi connectivity index (χ4v) is 1.32. The van der Waals surface area contributed by atoms with Gasteiger partial charge in [0, 0.05) is 18.8 Å². The minimum atomic E-state index is -0.318. The van der Waals surface area contributed by atoms with Crippen molar-refractivity contribution in [3.8, 4) is 0 Å². The van der Waals surface area contributed by atoms with Crippen LogP contribution in [0, 0.1) is 5.92 Å². The Hall–Kier alpha value is -1.32. The first kappa shape index (κ1) is 10.8. The number of hydrogen-bond acceptors (Lipinski definition) is 2. The van der Waals surface area contributed by atoms with Crippen molar-refractivity contribution in [2.24, 2.45) is 5.92 Å². The minimum Gasteiger partial charge on any atom is -0.314 e. The van der Waals surface area contributed by atoms with Crippen LogP contribution in [0.25, 0.3) is 0 Å². The van der Waals surface area contributed by atoms with Gasteiger partial charge in [0.2, 0.25) is 0 Å². The molecule has 0 saturated carbocycles. The number of nitrogens with zero attached hydrogens (tertiary/aromatic N) is 1. The monoisotopic (exact) mass is 196 g/mol. The summed E-state index contributed by atoms with van der Waals surface area (Å²) < 4.78 is 1.24. The van der Waals surface area contributed by atoms with E-state index in [1.54, 1.807) is 0 Å². The topological polar surface area (TPSA) is 54.9 Å². The van der Waals surface area contributed by atoms with E-state index in [0.717, 1.165) is 12.8 Å². The van der Waals surface area contributed by atoms with E-state index in [-0.39, 0.29) is 11.2 Å². The van der Waals surface area contributed by atoms with Crippen LogP contribution < -0.4 is 11.2 Å². The van der Waals surface area contributed by atoms with E-state index >= 15 is 0 Å². The molecule has 0 fully saturated rings. The highest BCUT2D eigenvalue weighted by atomic mass is 16.2. The van der Waals surface area contributed by atoms with Crippen LogP contribution >= 0.6 is 0 Å². The number of rotatable bonds is 4. The average molecular weight is 196 g/mol. The Balaban J connectivity index is 2.68. The van der Waals surface area contributed by atoms with Crippen molar-refractivity contribution in [3.05, 3.63) is 33.1 Å². The molecule has 0 aliphatic heterocycles. The zero-order valence-corrected chi connectivity index (χ0v) is 8.62. The van der Waals surface area contributed by atoms with Crippen LogP contribution in [0.2, 0.25) is 0 Å². The van der Waals surface area contributed by atoms with Crippen molar-refractivity contribution in [2.45, 2.75) is 33.2 Å². The SMILES string of the molecule is CC(C)CCCn1c(=O)cc[nH]c1=O. The summed E-state index contributed by atoms with van der Waals surface area (Å²) in [6.45, 7) is 4.75. The molecule has 1 N–H and O–H groups in total. The summed E-state index contributed by atoms with van der Waals surface area (Å²) in [5, 5.41) is 0. The maximum absolute atomic E-state index is 11.3. The van der Waals surface area contributed by atoms with Crippen molar-refractivity contribution in [3.63, 3.8) is 0 Å². The molecule has 0 amide bonds. The van der Waals surface area contributed by atoms with Crippen molar-refractivity contribution >= 4 is 0 Å². The fraction of sp³-hybridized carbons (Fsp3) is 0.600. The zero-order chi connectivity index (χ0) is 10.6. The Kier molecular flexibility index (Phi) is 3.68. The second kappa shape index (κ2) is 4.79. The highest BCUT2D eigenvalue weighted by molar-refractivity contribution is 4.82. The quantitative estimate of drug-likeness (QED) is 0.780. The molecule has 0 aromatic carbocycles. The van der Waals surface area contributed by atoms with Crippen LogP contribution in [0.3, 0.4) is 0 Å². The Morgan fingerprint density at radius 1 is 1.43 bits per heavy atom. The van der Waals surface area contributed by atoms with Gasteiger partial charge in [-0.1, -0.05) is 13.8 Å². The molecule has 1 aromatic rings. The normalized spacial score (nSPS) is 10.8. The molecule has 0 aliphatic rings. The van der Waals surface area contributed by atoms with Gasteiger partial charge in [0.25, 0.3) is 5.56 Å². The van der Waals surface area contributed by atoms with E-state index in [4.69, 9.17) is 0 Å². The highest BCUT2D eigenvalue weighted by Crippen LogP contribution is 2.03. The summed E-state index contributed by atoms with van der Waals surface area (Å²) in [6.07, 6.45) is 3.27. The van der Waals surface area contributed by atoms with Crippen molar-refractivity contribution in [1.82, 2.24) is 9.55 Å². The molecule has 0 unspecified atom stereocenters. The lowest BCUT2D eigenvalue weighted by Gasteiger charge is -2.05. The number of nitrogens with one attached hydrogen (secondary N) is 1. The lowest BCUT2D eigenvalue weighted by Crippen LogP contribution is -2.33. The lowest BCUT2D eigenvalue weighted by molar-refractivity contribution is 0.495. The Morgan fingerprint density at radius 3 is 2.71 bits per heavy atom. The molecule has 0 spiro atoms. The van der Waals surface area contributed by atoms with Crippen LogP contribution in [0.1, 0.15) is 26.7 Å². The van der Waals surface area contributed by atoms with Crippen molar-refractivity contribution in [2.75, 3.05) is 0 Å². The number of H-pyrrole nitrogens is 1. The van der Waals surface area contributed by atoms with E-state index in [1.807, 2.05) is 0 Å². The third kappa shape index (κ3) is 2.87. The van der Waals surface area contributed by atoms with Gasteiger partial charge in [-0.05, 0) is 18.8 Å². The molecule has 78 valence electrons. The standard InChI is InChI=1S/C10H16N2O2/c1-8(2)4-3-7-12-9(13)5-6-11-10(12)14/h5-6,8H,3-4,7H2,1-2H3,(H,11,14). The third-order valence-corrected chi connectivity index (χ3v) is 2.11. The fourth-order valence-electron chi connectivity index (χ4n) is 1.32. The first-order chi connectivity index (χ1) is 6.61. The summed E-state index contributed by atoms with van der Waals surface area (Å²) in [7, 11) is 0. The van der Waals surface area contributed by atoms with E-state index in [0.29, 0.717) is 12.5 Å². The predicted molar refractivity (Wildman–Crippen MR) is 55.4 cm³/mol. The summed E-state index contributed by atoms with van der Waals surface area (Å²) in [6, 6.07) is 1.37. The van der Waals surface area contributed by atoms with Crippen LogP contribution in [0.4, 0.5) is 0 Å². The van der Waals surface area contributed by atoms with Gasteiger partial charge < -0.3 is 4.98 Å². The molecule has 0 bridgehead atoms. The lowest BCUT2D eigenvalue weighted by atomic mass is 10.1. The molecular formula is C10H16N2O2. The zero-order valence-electron chi connectivity index (χ0n) is 8.62. The van der Waals surface area contributed by atoms with Gasteiger partial charge >= 0.3 is 5.69 Å². The second-order valence-corrected chi connectivity index (χ2v) is 3.81. The van der Waals surface area contributed by atoms with E-state index in [9.17, 15) is 9.59 Å². The minimum absolute atomic E-state index is 0.225. The molecule has 1 aromatic heterocycles. The van der Waals surface area contributed by atoms with E-state index in [1.165, 1.54) is 16.8 Å². The number of aromatic amines is 1. The first-order valence-corrected chi connectivity index (χ1v) is 4.90. The van der Waals surface area contributed by atoms with Crippen molar-refractivity contribution < 1.29 is 0 Å². The predicted octanol–water partition coefficient (Wildman–Crippen LogP) is 0.973. The summed E-state index contributed by atoms with van der Waals surface area (Å²) in [5.74, 6) is 0.605. The van der Waals surface area contributed by atoms with Gasteiger partial charge in [0.15, 0.2) is 0 Å². The molecule has 0 radical (unpaired) electrons. The molecule has 1 rings (SSSR count). The molecule has 1 heterocycles. The van der Waals surface area contributed by atoms with Gasteiger partial charge in [-0.2, -0.15) is 0 Å². The Bertz CT molecular complexity index is 361. The number of aromatic nitrogens is 2. The maximum Gasteiger partial charge on any atom is 0.328 e. The Labute approximate surface area is 82.6 Å². The highest BCUT2D eigenvalue weighted by Gasteiger charge is 2.00. The van der Waals surface area contributed by atoms with Crippen LogP contribution in [-0.4, -0.2) is 9.55 Å². The van der Waals surface area contributed by atoms with Crippen LogP contribution in [0.15, 0.2) is 21.9 Å². The van der Waals surface area contributed by atoms with E-state index < -0.39 is 0 Å². The Morgan fingerprint density at radius 2 is 2.14 bits per heavy atom. The van der Waals surface area contributed by atoms with E-state index in [2.05, 4.69) is 18.8 Å². The average Bonchev–Trinajstić information content (AvgIpc) is 2.09. The van der Waals surface area contributed by atoms with Gasteiger partial charge in [0.1, 0.15) is 0 Å². The molecule has 4 heteroatoms. The largest absolute Gasteiger partial charge is 0.328 e. The first-order valence-electron chi connectivity index (χ1n) is 4.90. The number of hydrogen-bond donors (Lipinski definition) is 1. The summed E-state index contributed by atoms with van der Waals surface area (Å²) in [4.78, 5) is 25.0. The van der Waals surface area contributed by atoms with Gasteiger partial charge in [0.05, 0.1) is 0 Å². The van der Waals surface area contributed by atoms with Gasteiger partial charge in [-0.15, -0.1) is 0 Å². The van der Waals surface area contributed by atoms with Gasteiger partial charge in [-0.25, -0.2) is 4.79 Å². The third-order valence-electron chi connectivity index (χ3n) is 2.11. The smallest absolute Gasteiger partial charge is 0.314 e. The van der Waals surface area contributed by atoms with Crippen LogP contribution in [0.5, 0.6) is 0 Å². The molecular weight excluding hydrogens is 180 g/mol. The molecule has 0 atom stereocenters. The molecule has 4 nitrogen and oxygen atoms in total. The molecule has 0 saturated heterocycles. The van der Waals surface area contributed by atoms with Gasteiger partial charge in [-0.3, -0.25) is 9.36 Å². The summed E-state index contributed by atoms with van der Waals surface area (Å²) >= 11 is 0. The maximum atomic E-state index is 11.3.